The molecular formula is C28H40Cl2N2O5. The maximum Gasteiger partial charge on any atom is 0.408 e. The number of hydrogen-bond acceptors (Lipinski definition) is 5. The highest BCUT2D eigenvalue weighted by atomic mass is 35.5. The molecule has 0 bridgehead atoms. The number of halogens is 2. The highest BCUT2D eigenvalue weighted by Crippen LogP contribution is 2.47. The number of esters is 1. The fraction of sp³-hybridized carbons (Fsp3) is 0.679. The fourth-order valence-electron chi connectivity index (χ4n) is 5.61. The average molecular weight is 556 g/mol. The highest BCUT2D eigenvalue weighted by Gasteiger charge is 2.49. The Morgan fingerprint density at radius 2 is 1.73 bits per heavy atom. The molecular weight excluding hydrogens is 515 g/mol. The first-order valence-corrected chi connectivity index (χ1v) is 14.1. The smallest absolute Gasteiger partial charge is 0.408 e. The van der Waals surface area contributed by atoms with Crippen LogP contribution in [0, 0.1) is 11.3 Å². The molecule has 1 heterocycles. The normalized spacial score (nSPS) is 19.1. The molecule has 1 saturated heterocycles. The van der Waals surface area contributed by atoms with E-state index in [-0.39, 0.29) is 24.2 Å². The Hall–Kier alpha value is -1.99. The van der Waals surface area contributed by atoms with E-state index in [2.05, 4.69) is 5.32 Å². The van der Waals surface area contributed by atoms with E-state index in [4.69, 9.17) is 32.7 Å². The third-order valence-electron chi connectivity index (χ3n) is 7.45. The quantitative estimate of drug-likeness (QED) is 0.406. The topological polar surface area (TPSA) is 84.9 Å². The van der Waals surface area contributed by atoms with Crippen molar-refractivity contribution in [1.29, 1.82) is 0 Å². The third kappa shape index (κ3) is 7.76. The van der Waals surface area contributed by atoms with Crippen LogP contribution in [0.1, 0.15) is 78.2 Å². The number of carbonyl (C=O) groups excluding carboxylic acids is 3. The number of piperidine rings is 1. The number of nitrogens with one attached hydrogen (secondary N) is 1. The molecule has 9 heteroatoms. The minimum atomic E-state index is -0.850. The molecule has 7 nitrogen and oxygen atoms in total. The zero-order chi connectivity index (χ0) is 27.2. The van der Waals surface area contributed by atoms with Gasteiger partial charge in [0.1, 0.15) is 11.6 Å². The lowest BCUT2D eigenvalue weighted by Crippen LogP contribution is -2.56. The first kappa shape index (κ1) is 29.6. The molecule has 1 aromatic carbocycles. The summed E-state index contributed by atoms with van der Waals surface area (Å²) in [6.07, 6.45) is 6.19. The van der Waals surface area contributed by atoms with E-state index in [0.717, 1.165) is 31.2 Å². The fourth-order valence-corrected chi connectivity index (χ4v) is 5.93. The first-order valence-electron chi connectivity index (χ1n) is 13.3. The molecule has 1 aliphatic carbocycles. The minimum Gasteiger partial charge on any atom is -0.466 e. The van der Waals surface area contributed by atoms with Gasteiger partial charge in [-0.2, -0.15) is 0 Å². The Balaban J connectivity index is 1.77. The van der Waals surface area contributed by atoms with Gasteiger partial charge in [0.2, 0.25) is 5.91 Å². The molecule has 1 aliphatic heterocycles. The van der Waals surface area contributed by atoms with Crippen molar-refractivity contribution in [1.82, 2.24) is 10.2 Å². The van der Waals surface area contributed by atoms with Crippen molar-refractivity contribution in [2.45, 2.75) is 90.7 Å². The Kier molecular flexibility index (Phi) is 10.2. The maximum absolute atomic E-state index is 13.7. The molecule has 1 N–H and O–H groups in total. The van der Waals surface area contributed by atoms with Crippen molar-refractivity contribution < 1.29 is 23.9 Å². The second kappa shape index (κ2) is 12.7. The zero-order valence-electron chi connectivity index (χ0n) is 22.4. The second-order valence-corrected chi connectivity index (χ2v) is 12.0. The Morgan fingerprint density at radius 3 is 2.30 bits per heavy atom. The van der Waals surface area contributed by atoms with Crippen LogP contribution in [0.15, 0.2) is 18.2 Å². The largest absolute Gasteiger partial charge is 0.466 e. The number of alkyl carbamates (subject to hydrolysis) is 1. The maximum atomic E-state index is 13.7. The van der Waals surface area contributed by atoms with Gasteiger partial charge < -0.3 is 19.7 Å². The van der Waals surface area contributed by atoms with Crippen LogP contribution in [0.5, 0.6) is 0 Å². The van der Waals surface area contributed by atoms with E-state index in [0.29, 0.717) is 42.6 Å². The van der Waals surface area contributed by atoms with Gasteiger partial charge >= 0.3 is 12.1 Å². The van der Waals surface area contributed by atoms with Crippen LogP contribution in [0.3, 0.4) is 0 Å². The predicted molar refractivity (Wildman–Crippen MR) is 145 cm³/mol. The van der Waals surface area contributed by atoms with E-state index >= 15 is 0 Å². The van der Waals surface area contributed by atoms with Gasteiger partial charge in [-0.3, -0.25) is 9.59 Å². The van der Waals surface area contributed by atoms with Crippen LogP contribution in [0.25, 0.3) is 0 Å². The van der Waals surface area contributed by atoms with Gasteiger partial charge in [-0.25, -0.2) is 4.79 Å². The van der Waals surface area contributed by atoms with Crippen LogP contribution in [-0.2, 0) is 25.5 Å². The molecule has 3 rings (SSSR count). The van der Waals surface area contributed by atoms with Crippen molar-refractivity contribution in [2.24, 2.45) is 11.3 Å². The lowest BCUT2D eigenvalue weighted by Gasteiger charge is -2.46. The van der Waals surface area contributed by atoms with Gasteiger partial charge in [-0.1, -0.05) is 48.5 Å². The average Bonchev–Trinajstić information content (AvgIpc) is 2.85. The number of ether oxygens (including phenoxy) is 2. The number of carbonyl (C=O) groups is 3. The molecule has 1 saturated carbocycles. The second-order valence-electron chi connectivity index (χ2n) is 11.2. The summed E-state index contributed by atoms with van der Waals surface area (Å²) in [6, 6.07) is 4.31. The van der Waals surface area contributed by atoms with E-state index in [1.54, 1.807) is 43.9 Å². The Morgan fingerprint density at radius 1 is 1.08 bits per heavy atom. The monoisotopic (exact) mass is 554 g/mol. The van der Waals surface area contributed by atoms with Crippen molar-refractivity contribution in [3.8, 4) is 0 Å². The van der Waals surface area contributed by atoms with Gasteiger partial charge in [0.15, 0.2) is 0 Å². The molecule has 2 amide bonds. The van der Waals surface area contributed by atoms with Crippen molar-refractivity contribution in [3.63, 3.8) is 0 Å². The molecule has 0 aromatic heterocycles. The number of benzene rings is 1. The van der Waals surface area contributed by atoms with Gasteiger partial charge in [-0.15, -0.1) is 0 Å². The summed E-state index contributed by atoms with van der Waals surface area (Å²) in [6.45, 7) is 8.36. The minimum absolute atomic E-state index is 0.131. The summed E-state index contributed by atoms with van der Waals surface area (Å²) in [5.74, 6) is -0.0595. The number of likely N-dealkylation sites (tertiary alicyclic amines) is 1. The van der Waals surface area contributed by atoms with Crippen LogP contribution in [0.2, 0.25) is 10.0 Å². The summed E-state index contributed by atoms with van der Waals surface area (Å²) in [5, 5.41) is 3.56. The molecule has 1 aromatic rings. The number of nitrogens with zero attached hydrogens (tertiary/aromatic N) is 1. The predicted octanol–water partition coefficient (Wildman–Crippen LogP) is 6.18. The van der Waals surface area contributed by atoms with Gasteiger partial charge in [0.25, 0.3) is 0 Å². The molecule has 0 radical (unpaired) electrons. The molecule has 206 valence electrons. The third-order valence-corrected chi connectivity index (χ3v) is 8.19. The van der Waals surface area contributed by atoms with Crippen molar-refractivity contribution in [2.75, 3.05) is 19.7 Å². The van der Waals surface area contributed by atoms with Gasteiger partial charge in [-0.05, 0) is 77.0 Å². The van der Waals surface area contributed by atoms with Crippen LogP contribution in [0.4, 0.5) is 4.79 Å². The first-order chi connectivity index (χ1) is 17.4. The number of hydrogen-bond donors (Lipinski definition) is 1. The highest BCUT2D eigenvalue weighted by molar-refractivity contribution is 6.42. The molecule has 1 unspecified atom stereocenters. The zero-order valence-corrected chi connectivity index (χ0v) is 23.9. The number of amides is 2. The Labute approximate surface area is 230 Å². The summed E-state index contributed by atoms with van der Waals surface area (Å²) in [4.78, 5) is 41.3. The summed E-state index contributed by atoms with van der Waals surface area (Å²) >= 11 is 12.3. The number of rotatable bonds is 7. The molecule has 0 spiro atoms. The Bertz CT molecular complexity index is 964. The standard InChI is InChI=1S/C28H40Cl2N2O5/c1-5-36-25(34)28(20-9-7-6-8-10-20)13-15-32(16-14-28)24(33)23(31-26(35)37-27(2,3)4)18-19-11-12-21(29)22(30)17-19/h11-12,17,20,23H,5-10,13-16,18H2,1-4H3,(H,31,35). The lowest BCUT2D eigenvalue weighted by molar-refractivity contribution is -0.166. The van der Waals surface area contributed by atoms with Crippen LogP contribution >= 0.6 is 23.2 Å². The summed E-state index contributed by atoms with van der Waals surface area (Å²) < 4.78 is 11.0. The lowest BCUT2D eigenvalue weighted by atomic mass is 9.63. The van der Waals surface area contributed by atoms with Crippen molar-refractivity contribution >= 4 is 41.2 Å². The SMILES string of the molecule is CCOC(=O)C1(C2CCCCC2)CCN(C(=O)C(Cc2ccc(Cl)c(Cl)c2)NC(=O)OC(C)(C)C)CC1. The molecule has 2 aliphatic rings. The summed E-state index contributed by atoms with van der Waals surface area (Å²) in [7, 11) is 0. The molecule has 2 fully saturated rings. The molecule has 37 heavy (non-hydrogen) atoms. The van der Waals surface area contributed by atoms with E-state index < -0.39 is 23.2 Å². The van der Waals surface area contributed by atoms with E-state index in [1.165, 1.54) is 6.42 Å². The van der Waals surface area contributed by atoms with Crippen molar-refractivity contribution in [3.05, 3.63) is 33.8 Å². The van der Waals surface area contributed by atoms with E-state index in [9.17, 15) is 14.4 Å². The van der Waals surface area contributed by atoms with Crippen LogP contribution in [-0.4, -0.2) is 54.2 Å². The summed E-state index contributed by atoms with van der Waals surface area (Å²) in [5.41, 5.74) is -0.486. The van der Waals surface area contributed by atoms with Crippen LogP contribution < -0.4 is 5.32 Å². The van der Waals surface area contributed by atoms with Gasteiger partial charge in [0.05, 0.1) is 22.1 Å². The van der Waals surface area contributed by atoms with Gasteiger partial charge in [0, 0.05) is 19.5 Å². The van der Waals surface area contributed by atoms with E-state index in [1.807, 2.05) is 6.92 Å². The molecule has 1 atom stereocenters.